The Hall–Kier alpha value is -2.62. The minimum absolute atomic E-state index is 0.118. The number of ether oxygens (including phenoxy) is 1. The zero-order valence-corrected chi connectivity index (χ0v) is 16.3. The van der Waals surface area contributed by atoms with Crippen LogP contribution in [-0.2, 0) is 21.4 Å². The smallest absolute Gasteiger partial charge is 0.250 e. The molecular formula is C19H24N4O4S. The first kappa shape index (κ1) is 20.1. The Bertz CT molecular complexity index is 888. The van der Waals surface area contributed by atoms with E-state index in [9.17, 15) is 13.2 Å². The zero-order chi connectivity index (χ0) is 20.0. The van der Waals surface area contributed by atoms with E-state index < -0.39 is 21.4 Å². The molecular weight excluding hydrogens is 380 g/mol. The summed E-state index contributed by atoms with van der Waals surface area (Å²) in [6.07, 6.45) is 0.118. The number of rotatable bonds is 8. The quantitative estimate of drug-likeness (QED) is 0.529. The number of carbonyl (C=O) groups excluding carboxylic acids is 1. The second-order valence-electron chi connectivity index (χ2n) is 6.37. The summed E-state index contributed by atoms with van der Waals surface area (Å²) < 4.78 is 33.0. The molecule has 2 aromatic carbocycles. The van der Waals surface area contributed by atoms with Crippen LogP contribution < -0.4 is 25.6 Å². The summed E-state index contributed by atoms with van der Waals surface area (Å²) in [4.78, 5) is 12.3. The van der Waals surface area contributed by atoms with Gasteiger partial charge >= 0.3 is 0 Å². The average molecular weight is 404 g/mol. The largest absolute Gasteiger partial charge is 0.494 e. The normalized spacial score (nSPS) is 19.2. The van der Waals surface area contributed by atoms with Crippen molar-refractivity contribution in [2.24, 2.45) is 0 Å². The van der Waals surface area contributed by atoms with E-state index in [2.05, 4.69) is 20.9 Å². The maximum absolute atomic E-state index is 12.6. The fourth-order valence-corrected chi connectivity index (χ4v) is 4.11. The van der Waals surface area contributed by atoms with Gasteiger partial charge in [-0.1, -0.05) is 30.3 Å². The van der Waals surface area contributed by atoms with Crippen LogP contribution in [0.3, 0.4) is 0 Å². The van der Waals surface area contributed by atoms with Gasteiger partial charge in [-0.15, -0.1) is 0 Å². The molecule has 0 saturated carbocycles. The van der Waals surface area contributed by atoms with Crippen LogP contribution in [0, 0.1) is 0 Å². The number of hydrogen-bond donors (Lipinski definition) is 4. The van der Waals surface area contributed by atoms with E-state index >= 15 is 0 Å². The summed E-state index contributed by atoms with van der Waals surface area (Å²) in [6, 6.07) is 15.5. The predicted molar refractivity (Wildman–Crippen MR) is 107 cm³/mol. The van der Waals surface area contributed by atoms with Crippen molar-refractivity contribution in [1.29, 1.82) is 0 Å². The van der Waals surface area contributed by atoms with E-state index in [1.165, 1.54) is 0 Å². The zero-order valence-electron chi connectivity index (χ0n) is 15.5. The third-order valence-corrected chi connectivity index (χ3v) is 5.87. The molecule has 2 unspecified atom stereocenters. The Morgan fingerprint density at radius 3 is 2.50 bits per heavy atom. The number of amides is 1. The first-order valence-electron chi connectivity index (χ1n) is 9.05. The lowest BCUT2D eigenvalue weighted by Gasteiger charge is -2.14. The highest BCUT2D eigenvalue weighted by Crippen LogP contribution is 2.19. The number of hydrazine groups is 1. The van der Waals surface area contributed by atoms with Crippen LogP contribution in [0.1, 0.15) is 18.9 Å². The lowest BCUT2D eigenvalue weighted by Crippen LogP contribution is -2.44. The lowest BCUT2D eigenvalue weighted by atomic mass is 10.2. The molecule has 1 amide bonds. The van der Waals surface area contributed by atoms with E-state index in [1.54, 1.807) is 24.3 Å². The molecule has 1 heterocycles. The molecule has 8 nitrogen and oxygen atoms in total. The SMILES string of the molecule is CCOc1ccc(NS(=O)(=O)C2CC(C(=O)NCc3ccccc3)NN2)cc1. The van der Waals surface area contributed by atoms with Gasteiger partial charge < -0.3 is 10.1 Å². The molecule has 0 aromatic heterocycles. The van der Waals surface area contributed by atoms with Gasteiger partial charge in [0, 0.05) is 18.7 Å². The van der Waals surface area contributed by atoms with E-state index in [0.717, 1.165) is 5.56 Å². The van der Waals surface area contributed by atoms with Crippen molar-refractivity contribution in [3.05, 3.63) is 60.2 Å². The number of nitrogens with one attached hydrogen (secondary N) is 4. The van der Waals surface area contributed by atoms with E-state index in [0.29, 0.717) is 24.6 Å². The maximum atomic E-state index is 12.6. The van der Waals surface area contributed by atoms with Crippen LogP contribution in [0.5, 0.6) is 5.75 Å². The standard InChI is InChI=1S/C19H24N4O4S/c1-2-27-16-10-8-15(9-11-16)23-28(25,26)18-12-17(21-22-18)19(24)20-13-14-6-4-3-5-7-14/h3-11,17-18,21-23H,2,12-13H2,1H3,(H,20,24). The Morgan fingerprint density at radius 1 is 1.11 bits per heavy atom. The number of hydrogen-bond acceptors (Lipinski definition) is 6. The van der Waals surface area contributed by atoms with Crippen LogP contribution in [0.25, 0.3) is 0 Å². The van der Waals surface area contributed by atoms with Crippen LogP contribution in [0.15, 0.2) is 54.6 Å². The van der Waals surface area contributed by atoms with Crippen molar-refractivity contribution in [1.82, 2.24) is 16.2 Å². The molecule has 150 valence electrons. The van der Waals surface area contributed by atoms with Crippen molar-refractivity contribution in [2.75, 3.05) is 11.3 Å². The molecule has 1 aliphatic rings. The fourth-order valence-electron chi connectivity index (χ4n) is 2.83. The Labute approximate surface area is 164 Å². The Kier molecular flexibility index (Phi) is 6.50. The molecule has 0 bridgehead atoms. The minimum atomic E-state index is -3.72. The maximum Gasteiger partial charge on any atom is 0.250 e. The van der Waals surface area contributed by atoms with Gasteiger partial charge in [-0.05, 0) is 36.8 Å². The van der Waals surface area contributed by atoms with Gasteiger partial charge in [0.2, 0.25) is 15.9 Å². The van der Waals surface area contributed by atoms with E-state index in [4.69, 9.17) is 4.74 Å². The van der Waals surface area contributed by atoms with Crippen LogP contribution in [0.4, 0.5) is 5.69 Å². The van der Waals surface area contributed by atoms with Gasteiger partial charge in [-0.3, -0.25) is 9.52 Å². The highest BCUT2D eigenvalue weighted by molar-refractivity contribution is 7.93. The number of benzene rings is 2. The van der Waals surface area contributed by atoms with Gasteiger partial charge in [-0.2, -0.15) is 0 Å². The summed E-state index contributed by atoms with van der Waals surface area (Å²) in [5.41, 5.74) is 6.86. The van der Waals surface area contributed by atoms with Crippen molar-refractivity contribution in [3.8, 4) is 5.75 Å². The van der Waals surface area contributed by atoms with Crippen LogP contribution >= 0.6 is 0 Å². The third-order valence-electron chi connectivity index (χ3n) is 4.29. The van der Waals surface area contributed by atoms with Crippen LogP contribution in [-0.4, -0.2) is 32.3 Å². The number of anilines is 1. The highest BCUT2D eigenvalue weighted by Gasteiger charge is 2.37. The fraction of sp³-hybridized carbons (Fsp3) is 0.316. The molecule has 0 aliphatic carbocycles. The molecule has 1 fully saturated rings. The topological polar surface area (TPSA) is 109 Å². The molecule has 0 spiro atoms. The number of sulfonamides is 1. The average Bonchev–Trinajstić information content (AvgIpc) is 3.20. The first-order valence-corrected chi connectivity index (χ1v) is 10.6. The summed E-state index contributed by atoms with van der Waals surface area (Å²) in [5.74, 6) is 0.413. The molecule has 1 aliphatic heterocycles. The molecule has 1 saturated heterocycles. The first-order chi connectivity index (χ1) is 13.5. The second kappa shape index (κ2) is 9.05. The molecule has 3 rings (SSSR count). The molecule has 2 aromatic rings. The monoisotopic (exact) mass is 404 g/mol. The Morgan fingerprint density at radius 2 is 1.82 bits per heavy atom. The molecule has 2 atom stereocenters. The molecule has 0 radical (unpaired) electrons. The van der Waals surface area contributed by atoms with Gasteiger partial charge in [0.15, 0.2) is 0 Å². The third kappa shape index (κ3) is 5.22. The van der Waals surface area contributed by atoms with Crippen molar-refractivity contribution in [3.63, 3.8) is 0 Å². The van der Waals surface area contributed by atoms with E-state index in [1.807, 2.05) is 37.3 Å². The summed E-state index contributed by atoms with van der Waals surface area (Å²) in [5, 5.41) is 1.89. The van der Waals surface area contributed by atoms with Gasteiger partial charge in [-0.25, -0.2) is 19.3 Å². The predicted octanol–water partition coefficient (Wildman–Crippen LogP) is 1.34. The van der Waals surface area contributed by atoms with Gasteiger partial charge in [0.05, 0.1) is 6.61 Å². The molecule has 4 N–H and O–H groups in total. The second-order valence-corrected chi connectivity index (χ2v) is 8.24. The van der Waals surface area contributed by atoms with Crippen molar-refractivity contribution < 1.29 is 17.9 Å². The van der Waals surface area contributed by atoms with Crippen LogP contribution in [0.2, 0.25) is 0 Å². The minimum Gasteiger partial charge on any atom is -0.494 e. The van der Waals surface area contributed by atoms with Crippen molar-refractivity contribution in [2.45, 2.75) is 31.3 Å². The van der Waals surface area contributed by atoms with Crippen molar-refractivity contribution >= 4 is 21.6 Å². The summed E-state index contributed by atoms with van der Waals surface area (Å²) in [6.45, 7) is 2.80. The summed E-state index contributed by atoms with van der Waals surface area (Å²) >= 11 is 0. The molecule has 28 heavy (non-hydrogen) atoms. The van der Waals surface area contributed by atoms with Gasteiger partial charge in [0.25, 0.3) is 0 Å². The summed E-state index contributed by atoms with van der Waals surface area (Å²) in [7, 11) is -3.72. The highest BCUT2D eigenvalue weighted by atomic mass is 32.2. The number of carbonyl (C=O) groups is 1. The molecule has 9 heteroatoms. The lowest BCUT2D eigenvalue weighted by molar-refractivity contribution is -0.123. The Balaban J connectivity index is 1.53. The van der Waals surface area contributed by atoms with E-state index in [-0.39, 0.29) is 12.3 Å². The van der Waals surface area contributed by atoms with Gasteiger partial charge in [0.1, 0.15) is 17.2 Å².